The molecule has 0 aliphatic carbocycles. The summed E-state index contributed by atoms with van der Waals surface area (Å²) in [5.74, 6) is 1.37. The topological polar surface area (TPSA) is 12.0 Å². The normalized spacial score (nSPS) is 15.3. The standard InChI is InChI=1S/C14H23N/c1-11(2)14(15-4)12(3)10-13-8-6-5-7-9-13/h5-9,11-12,14-15H,10H2,1-4H3. The Morgan fingerprint density at radius 2 is 1.67 bits per heavy atom. The second-order valence-corrected chi connectivity index (χ2v) is 4.73. The zero-order chi connectivity index (χ0) is 11.3. The minimum Gasteiger partial charge on any atom is -0.316 e. The number of hydrogen-bond donors (Lipinski definition) is 1. The molecule has 0 saturated heterocycles. The summed E-state index contributed by atoms with van der Waals surface area (Å²) < 4.78 is 0. The molecule has 0 aliphatic heterocycles. The van der Waals surface area contributed by atoms with Crippen molar-refractivity contribution in [1.82, 2.24) is 5.32 Å². The van der Waals surface area contributed by atoms with Gasteiger partial charge < -0.3 is 5.32 Å². The number of benzene rings is 1. The molecule has 1 rings (SSSR count). The first kappa shape index (κ1) is 12.3. The Kier molecular flexibility index (Phi) is 4.83. The van der Waals surface area contributed by atoms with Crippen LogP contribution < -0.4 is 5.32 Å². The molecule has 1 aromatic carbocycles. The lowest BCUT2D eigenvalue weighted by Gasteiger charge is -2.27. The Bertz CT molecular complexity index is 266. The molecule has 0 saturated carbocycles. The molecule has 0 heterocycles. The third kappa shape index (κ3) is 3.67. The third-order valence-electron chi connectivity index (χ3n) is 3.07. The van der Waals surface area contributed by atoms with E-state index in [0.717, 1.165) is 6.42 Å². The largest absolute Gasteiger partial charge is 0.316 e. The molecule has 0 bridgehead atoms. The Balaban J connectivity index is 2.58. The van der Waals surface area contributed by atoms with E-state index in [-0.39, 0.29) is 0 Å². The summed E-state index contributed by atoms with van der Waals surface area (Å²) in [6.07, 6.45) is 1.16. The second-order valence-electron chi connectivity index (χ2n) is 4.73. The molecule has 0 fully saturated rings. The lowest BCUT2D eigenvalue weighted by molar-refractivity contribution is 0.314. The van der Waals surface area contributed by atoms with Gasteiger partial charge in [-0.15, -0.1) is 0 Å². The first-order chi connectivity index (χ1) is 7.15. The SMILES string of the molecule is CNC(C(C)C)C(C)Cc1ccccc1. The van der Waals surface area contributed by atoms with E-state index in [4.69, 9.17) is 0 Å². The molecule has 0 amide bonds. The van der Waals surface area contributed by atoms with Gasteiger partial charge in [-0.25, -0.2) is 0 Å². The summed E-state index contributed by atoms with van der Waals surface area (Å²) in [7, 11) is 2.06. The Morgan fingerprint density at radius 1 is 1.07 bits per heavy atom. The van der Waals surface area contributed by atoms with Crippen molar-refractivity contribution in [2.45, 2.75) is 33.2 Å². The van der Waals surface area contributed by atoms with Crippen LogP contribution in [-0.2, 0) is 6.42 Å². The van der Waals surface area contributed by atoms with E-state index in [1.165, 1.54) is 5.56 Å². The summed E-state index contributed by atoms with van der Waals surface area (Å²) in [5, 5.41) is 3.42. The number of hydrogen-bond acceptors (Lipinski definition) is 1. The van der Waals surface area contributed by atoms with Crippen LogP contribution in [0.4, 0.5) is 0 Å². The number of rotatable bonds is 5. The second kappa shape index (κ2) is 5.92. The fraction of sp³-hybridized carbons (Fsp3) is 0.571. The van der Waals surface area contributed by atoms with Crippen LogP contribution >= 0.6 is 0 Å². The minimum absolute atomic E-state index is 0.602. The summed E-state index contributed by atoms with van der Waals surface area (Å²) >= 11 is 0. The lowest BCUT2D eigenvalue weighted by atomic mass is 9.87. The fourth-order valence-electron chi connectivity index (χ4n) is 2.39. The van der Waals surface area contributed by atoms with Gasteiger partial charge in [-0.1, -0.05) is 51.1 Å². The zero-order valence-electron chi connectivity index (χ0n) is 10.3. The van der Waals surface area contributed by atoms with Gasteiger partial charge in [0.2, 0.25) is 0 Å². The van der Waals surface area contributed by atoms with Crippen LogP contribution in [0.2, 0.25) is 0 Å². The van der Waals surface area contributed by atoms with Gasteiger partial charge in [-0.05, 0) is 30.9 Å². The molecule has 1 N–H and O–H groups in total. The van der Waals surface area contributed by atoms with Gasteiger partial charge in [-0.2, -0.15) is 0 Å². The molecule has 2 unspecified atom stereocenters. The Morgan fingerprint density at radius 3 is 2.13 bits per heavy atom. The van der Waals surface area contributed by atoms with Crippen LogP contribution in [0.25, 0.3) is 0 Å². The highest BCUT2D eigenvalue weighted by Gasteiger charge is 2.18. The van der Waals surface area contributed by atoms with Crippen LogP contribution in [0.15, 0.2) is 30.3 Å². The molecule has 15 heavy (non-hydrogen) atoms. The molecule has 1 nitrogen and oxygen atoms in total. The molecule has 0 spiro atoms. The average Bonchev–Trinajstić information content (AvgIpc) is 2.19. The highest BCUT2D eigenvalue weighted by molar-refractivity contribution is 5.15. The first-order valence-corrected chi connectivity index (χ1v) is 5.86. The predicted octanol–water partition coefficient (Wildman–Crippen LogP) is 3.11. The highest BCUT2D eigenvalue weighted by atomic mass is 14.9. The van der Waals surface area contributed by atoms with Crippen molar-refractivity contribution >= 4 is 0 Å². The first-order valence-electron chi connectivity index (χ1n) is 5.86. The maximum Gasteiger partial charge on any atom is 0.0116 e. The maximum absolute atomic E-state index is 3.42. The van der Waals surface area contributed by atoms with E-state index in [1.54, 1.807) is 0 Å². The van der Waals surface area contributed by atoms with Crippen molar-refractivity contribution in [2.75, 3.05) is 7.05 Å². The maximum atomic E-state index is 3.42. The zero-order valence-corrected chi connectivity index (χ0v) is 10.3. The highest BCUT2D eigenvalue weighted by Crippen LogP contribution is 2.17. The molecule has 84 valence electrons. The van der Waals surface area contributed by atoms with Gasteiger partial charge in [-0.3, -0.25) is 0 Å². The van der Waals surface area contributed by atoms with E-state index >= 15 is 0 Å². The fourth-order valence-corrected chi connectivity index (χ4v) is 2.39. The molecular weight excluding hydrogens is 182 g/mol. The average molecular weight is 205 g/mol. The molecule has 1 aromatic rings. The molecule has 0 aromatic heterocycles. The van der Waals surface area contributed by atoms with Crippen molar-refractivity contribution in [3.8, 4) is 0 Å². The Labute approximate surface area is 93.9 Å². The summed E-state index contributed by atoms with van der Waals surface area (Å²) in [6.45, 7) is 6.89. The van der Waals surface area contributed by atoms with Crippen molar-refractivity contribution in [3.05, 3.63) is 35.9 Å². The van der Waals surface area contributed by atoms with E-state index in [1.807, 2.05) is 0 Å². The van der Waals surface area contributed by atoms with E-state index in [0.29, 0.717) is 17.9 Å². The predicted molar refractivity (Wildman–Crippen MR) is 67.0 cm³/mol. The molecule has 1 heteroatoms. The van der Waals surface area contributed by atoms with Crippen LogP contribution in [0.5, 0.6) is 0 Å². The van der Waals surface area contributed by atoms with E-state index in [2.05, 4.69) is 63.5 Å². The monoisotopic (exact) mass is 205 g/mol. The summed E-state index contributed by atoms with van der Waals surface area (Å²) in [6, 6.07) is 11.3. The molecule has 2 atom stereocenters. The van der Waals surface area contributed by atoms with Gasteiger partial charge in [0, 0.05) is 6.04 Å². The van der Waals surface area contributed by atoms with Gasteiger partial charge >= 0.3 is 0 Å². The van der Waals surface area contributed by atoms with Crippen LogP contribution in [-0.4, -0.2) is 13.1 Å². The van der Waals surface area contributed by atoms with E-state index < -0.39 is 0 Å². The van der Waals surface area contributed by atoms with Crippen molar-refractivity contribution in [3.63, 3.8) is 0 Å². The van der Waals surface area contributed by atoms with Gasteiger partial charge in [0.25, 0.3) is 0 Å². The quantitative estimate of drug-likeness (QED) is 0.779. The number of nitrogens with one attached hydrogen (secondary N) is 1. The molecule has 0 aliphatic rings. The molecule has 0 radical (unpaired) electrons. The van der Waals surface area contributed by atoms with E-state index in [9.17, 15) is 0 Å². The summed E-state index contributed by atoms with van der Waals surface area (Å²) in [5.41, 5.74) is 1.44. The summed E-state index contributed by atoms with van der Waals surface area (Å²) in [4.78, 5) is 0. The van der Waals surface area contributed by atoms with Crippen molar-refractivity contribution in [1.29, 1.82) is 0 Å². The van der Waals surface area contributed by atoms with Crippen LogP contribution in [0, 0.1) is 11.8 Å². The van der Waals surface area contributed by atoms with Crippen LogP contribution in [0.1, 0.15) is 26.3 Å². The molecular formula is C14H23N. The minimum atomic E-state index is 0.602. The third-order valence-corrected chi connectivity index (χ3v) is 3.07. The lowest BCUT2D eigenvalue weighted by Crippen LogP contribution is -2.37. The van der Waals surface area contributed by atoms with Crippen molar-refractivity contribution in [2.24, 2.45) is 11.8 Å². The van der Waals surface area contributed by atoms with Crippen molar-refractivity contribution < 1.29 is 0 Å². The van der Waals surface area contributed by atoms with Gasteiger partial charge in [0.1, 0.15) is 0 Å². The Hall–Kier alpha value is -0.820. The van der Waals surface area contributed by atoms with Crippen LogP contribution in [0.3, 0.4) is 0 Å². The van der Waals surface area contributed by atoms with Gasteiger partial charge in [0.15, 0.2) is 0 Å². The smallest absolute Gasteiger partial charge is 0.0116 e. The van der Waals surface area contributed by atoms with Gasteiger partial charge in [0.05, 0.1) is 0 Å².